The van der Waals surface area contributed by atoms with Crippen molar-refractivity contribution < 1.29 is 4.79 Å². The van der Waals surface area contributed by atoms with Crippen LogP contribution in [0.3, 0.4) is 0 Å². The third kappa shape index (κ3) is 3.21. The smallest absolute Gasteiger partial charge is 0.251 e. The number of nitrogens with one attached hydrogen (secondary N) is 2. The molecule has 1 aromatic carbocycles. The van der Waals surface area contributed by atoms with Crippen molar-refractivity contribution in [1.29, 1.82) is 0 Å². The van der Waals surface area contributed by atoms with Crippen LogP contribution in [0.4, 0.5) is 0 Å². The van der Waals surface area contributed by atoms with E-state index < -0.39 is 0 Å². The van der Waals surface area contributed by atoms with E-state index in [4.69, 9.17) is 0 Å². The first-order chi connectivity index (χ1) is 9.76. The SMILES string of the molecule is CCC(CC1CC1)NC(=O)c1ccc2c(c1)CNCC2. The molecule has 2 aliphatic rings. The standard InChI is InChI=1S/C17H24N2O/c1-2-16(9-12-3-4-12)19-17(20)14-6-5-13-7-8-18-11-15(13)10-14/h5-6,10,12,16,18H,2-4,7-9,11H2,1H3,(H,19,20). The summed E-state index contributed by atoms with van der Waals surface area (Å²) >= 11 is 0. The van der Waals surface area contributed by atoms with Crippen molar-refractivity contribution in [3.8, 4) is 0 Å². The van der Waals surface area contributed by atoms with Gasteiger partial charge in [0.25, 0.3) is 5.91 Å². The predicted octanol–water partition coefficient (Wildman–Crippen LogP) is 2.64. The van der Waals surface area contributed by atoms with Crippen molar-refractivity contribution in [3.05, 3.63) is 34.9 Å². The van der Waals surface area contributed by atoms with Crippen molar-refractivity contribution in [2.75, 3.05) is 6.54 Å². The van der Waals surface area contributed by atoms with Crippen LogP contribution in [-0.4, -0.2) is 18.5 Å². The Bertz CT molecular complexity index is 494. The number of rotatable bonds is 5. The number of hydrogen-bond acceptors (Lipinski definition) is 2. The Balaban J connectivity index is 1.66. The predicted molar refractivity (Wildman–Crippen MR) is 80.7 cm³/mol. The molecule has 3 nitrogen and oxygen atoms in total. The highest BCUT2D eigenvalue weighted by atomic mass is 16.1. The van der Waals surface area contributed by atoms with E-state index >= 15 is 0 Å². The molecule has 1 amide bonds. The molecule has 1 aliphatic carbocycles. The van der Waals surface area contributed by atoms with Gasteiger partial charge in [0, 0.05) is 18.2 Å². The van der Waals surface area contributed by atoms with Crippen LogP contribution in [0.1, 0.15) is 54.1 Å². The molecule has 3 rings (SSSR count). The lowest BCUT2D eigenvalue weighted by Crippen LogP contribution is -2.35. The monoisotopic (exact) mass is 272 g/mol. The molecule has 0 spiro atoms. The molecule has 1 aromatic rings. The average molecular weight is 272 g/mol. The Morgan fingerprint density at radius 3 is 3.00 bits per heavy atom. The molecular weight excluding hydrogens is 248 g/mol. The Morgan fingerprint density at radius 2 is 2.25 bits per heavy atom. The zero-order valence-electron chi connectivity index (χ0n) is 12.2. The Morgan fingerprint density at radius 1 is 1.40 bits per heavy atom. The maximum Gasteiger partial charge on any atom is 0.251 e. The molecule has 0 radical (unpaired) electrons. The van der Waals surface area contributed by atoms with Crippen molar-refractivity contribution in [3.63, 3.8) is 0 Å². The maximum atomic E-state index is 12.4. The van der Waals surface area contributed by atoms with Crippen LogP contribution in [0.2, 0.25) is 0 Å². The summed E-state index contributed by atoms with van der Waals surface area (Å²) in [6, 6.07) is 6.49. The molecule has 0 bridgehead atoms. The molecule has 1 fully saturated rings. The fraction of sp³-hybridized carbons (Fsp3) is 0.588. The number of amides is 1. The normalized spacial score (nSPS) is 19.2. The highest BCUT2D eigenvalue weighted by Gasteiger charge is 2.25. The fourth-order valence-corrected chi connectivity index (χ4v) is 2.97. The lowest BCUT2D eigenvalue weighted by molar-refractivity contribution is 0.0932. The highest BCUT2D eigenvalue weighted by molar-refractivity contribution is 5.94. The van der Waals surface area contributed by atoms with Crippen LogP contribution < -0.4 is 10.6 Å². The summed E-state index contributed by atoms with van der Waals surface area (Å²) in [4.78, 5) is 12.4. The molecule has 2 N–H and O–H groups in total. The molecule has 0 aromatic heterocycles. The van der Waals surface area contributed by atoms with Gasteiger partial charge in [-0.3, -0.25) is 4.79 Å². The number of carbonyl (C=O) groups excluding carboxylic acids is 1. The molecule has 1 unspecified atom stereocenters. The zero-order valence-corrected chi connectivity index (χ0v) is 12.2. The summed E-state index contributed by atoms with van der Waals surface area (Å²) in [6.07, 6.45) is 5.92. The van der Waals surface area contributed by atoms with E-state index in [9.17, 15) is 4.79 Å². The van der Waals surface area contributed by atoms with Gasteiger partial charge in [0.15, 0.2) is 0 Å². The summed E-state index contributed by atoms with van der Waals surface area (Å²) in [5, 5.41) is 6.56. The third-order valence-corrected chi connectivity index (χ3v) is 4.50. The van der Waals surface area contributed by atoms with Gasteiger partial charge in [-0.2, -0.15) is 0 Å². The Kier molecular flexibility index (Phi) is 4.06. The second kappa shape index (κ2) is 5.96. The first kappa shape index (κ1) is 13.6. The molecule has 1 aliphatic heterocycles. The number of benzene rings is 1. The largest absolute Gasteiger partial charge is 0.349 e. The van der Waals surface area contributed by atoms with E-state index in [0.29, 0.717) is 6.04 Å². The van der Waals surface area contributed by atoms with Gasteiger partial charge < -0.3 is 10.6 Å². The van der Waals surface area contributed by atoms with Crippen LogP contribution in [0.25, 0.3) is 0 Å². The molecule has 20 heavy (non-hydrogen) atoms. The Hall–Kier alpha value is -1.35. The van der Waals surface area contributed by atoms with E-state index in [0.717, 1.165) is 43.8 Å². The van der Waals surface area contributed by atoms with Gasteiger partial charge in [-0.05, 0) is 55.0 Å². The minimum atomic E-state index is 0.0888. The summed E-state index contributed by atoms with van der Waals surface area (Å²) < 4.78 is 0. The van der Waals surface area contributed by atoms with E-state index in [-0.39, 0.29) is 5.91 Å². The van der Waals surface area contributed by atoms with Crippen molar-refractivity contribution in [2.45, 2.75) is 51.6 Å². The lowest BCUT2D eigenvalue weighted by Gasteiger charge is -2.19. The van der Waals surface area contributed by atoms with Gasteiger partial charge >= 0.3 is 0 Å². The second-order valence-electron chi connectivity index (χ2n) is 6.17. The minimum absolute atomic E-state index is 0.0888. The van der Waals surface area contributed by atoms with Crippen LogP contribution >= 0.6 is 0 Å². The zero-order chi connectivity index (χ0) is 13.9. The van der Waals surface area contributed by atoms with E-state index in [2.05, 4.69) is 29.7 Å². The van der Waals surface area contributed by atoms with Crippen LogP contribution in [0, 0.1) is 5.92 Å². The summed E-state index contributed by atoms with van der Waals surface area (Å²) in [7, 11) is 0. The van der Waals surface area contributed by atoms with E-state index in [1.54, 1.807) is 0 Å². The van der Waals surface area contributed by atoms with Gasteiger partial charge in [0.1, 0.15) is 0 Å². The van der Waals surface area contributed by atoms with Gasteiger partial charge in [-0.1, -0.05) is 25.8 Å². The van der Waals surface area contributed by atoms with Crippen molar-refractivity contribution in [1.82, 2.24) is 10.6 Å². The van der Waals surface area contributed by atoms with Gasteiger partial charge in [0.2, 0.25) is 0 Å². The van der Waals surface area contributed by atoms with Crippen LogP contribution in [-0.2, 0) is 13.0 Å². The topological polar surface area (TPSA) is 41.1 Å². The first-order valence-electron chi connectivity index (χ1n) is 7.89. The molecule has 1 heterocycles. The number of carbonyl (C=O) groups is 1. The lowest BCUT2D eigenvalue weighted by atomic mass is 9.98. The maximum absolute atomic E-state index is 12.4. The molecule has 0 saturated heterocycles. The molecule has 1 atom stereocenters. The van der Waals surface area contributed by atoms with Gasteiger partial charge in [-0.15, -0.1) is 0 Å². The van der Waals surface area contributed by atoms with Crippen LogP contribution in [0.5, 0.6) is 0 Å². The summed E-state index contributed by atoms with van der Waals surface area (Å²) in [6.45, 7) is 4.08. The average Bonchev–Trinajstić information content (AvgIpc) is 3.30. The number of hydrogen-bond donors (Lipinski definition) is 2. The highest BCUT2D eigenvalue weighted by Crippen LogP contribution is 2.34. The molecule has 3 heteroatoms. The van der Waals surface area contributed by atoms with Gasteiger partial charge in [0.05, 0.1) is 0 Å². The van der Waals surface area contributed by atoms with E-state index in [1.165, 1.54) is 24.0 Å². The van der Waals surface area contributed by atoms with Crippen molar-refractivity contribution >= 4 is 5.91 Å². The van der Waals surface area contributed by atoms with Crippen LogP contribution in [0.15, 0.2) is 18.2 Å². The van der Waals surface area contributed by atoms with Gasteiger partial charge in [-0.25, -0.2) is 0 Å². The third-order valence-electron chi connectivity index (χ3n) is 4.50. The summed E-state index contributed by atoms with van der Waals surface area (Å²) in [5.74, 6) is 0.943. The number of fused-ring (bicyclic) bond motifs is 1. The summed E-state index contributed by atoms with van der Waals surface area (Å²) in [5.41, 5.74) is 3.46. The van der Waals surface area contributed by atoms with Crippen molar-refractivity contribution in [2.24, 2.45) is 5.92 Å². The molecule has 1 saturated carbocycles. The molecular formula is C17H24N2O. The minimum Gasteiger partial charge on any atom is -0.349 e. The molecule has 108 valence electrons. The second-order valence-corrected chi connectivity index (χ2v) is 6.17. The quantitative estimate of drug-likeness (QED) is 0.865. The Labute approximate surface area is 121 Å². The van der Waals surface area contributed by atoms with E-state index in [1.807, 2.05) is 6.07 Å². The fourth-order valence-electron chi connectivity index (χ4n) is 2.97. The first-order valence-corrected chi connectivity index (χ1v) is 7.89.